The van der Waals surface area contributed by atoms with Gasteiger partial charge in [-0.05, 0) is 12.1 Å². The van der Waals surface area contributed by atoms with Gasteiger partial charge in [0.2, 0.25) is 0 Å². The van der Waals surface area contributed by atoms with Crippen molar-refractivity contribution in [2.45, 2.75) is 51.1 Å². The van der Waals surface area contributed by atoms with Gasteiger partial charge in [0.25, 0.3) is 5.96 Å². The molecule has 0 amide bonds. The second-order valence-electron chi connectivity index (χ2n) is 12.2. The number of aliphatic imine (C=N–C) groups is 1. The van der Waals surface area contributed by atoms with E-state index in [4.69, 9.17) is 21.7 Å². The second kappa shape index (κ2) is 17.0. The SMILES string of the molecule is C[N+](C)=C1NC(N)=NC(c2ccc(OCCCCCCCCCP(Cl)(c3ccccc3)(c3ccccc3)c3ccccc3)cc2)N1.[Cl-]. The van der Waals surface area contributed by atoms with Gasteiger partial charge < -0.3 is 18.1 Å². The molecule has 4 aromatic carbocycles. The molecule has 250 valence electrons. The van der Waals surface area contributed by atoms with E-state index < -0.39 is 5.96 Å². The van der Waals surface area contributed by atoms with Gasteiger partial charge in [-0.25, -0.2) is 5.32 Å². The maximum atomic E-state index is 8.19. The van der Waals surface area contributed by atoms with Gasteiger partial charge in [-0.15, -0.1) is 0 Å². The van der Waals surface area contributed by atoms with Crippen LogP contribution in [0, 0.1) is 0 Å². The van der Waals surface area contributed by atoms with E-state index in [1.807, 2.05) is 42.9 Å². The van der Waals surface area contributed by atoms with Crippen molar-refractivity contribution in [3.63, 3.8) is 0 Å². The zero-order valence-corrected chi connectivity index (χ0v) is 29.9. The third-order valence-electron chi connectivity index (χ3n) is 8.81. The molecule has 6 nitrogen and oxygen atoms in total. The van der Waals surface area contributed by atoms with E-state index in [1.165, 1.54) is 48.0 Å². The van der Waals surface area contributed by atoms with E-state index in [9.17, 15) is 0 Å². The van der Waals surface area contributed by atoms with Gasteiger partial charge in [-0.1, -0.05) is 0 Å². The molecule has 1 unspecified atom stereocenters. The summed E-state index contributed by atoms with van der Waals surface area (Å²) in [6, 6.07) is 40.5. The first-order chi connectivity index (χ1) is 22.4. The van der Waals surface area contributed by atoms with Crippen molar-refractivity contribution in [2.24, 2.45) is 10.7 Å². The fourth-order valence-corrected chi connectivity index (χ4v) is 12.5. The predicted molar refractivity (Wildman–Crippen MR) is 198 cm³/mol. The number of halogens is 2. The normalized spacial score (nSPS) is 15.2. The Labute approximate surface area is 291 Å². The van der Waals surface area contributed by atoms with E-state index in [0.29, 0.717) is 5.96 Å². The van der Waals surface area contributed by atoms with Crippen LogP contribution in [0.4, 0.5) is 0 Å². The van der Waals surface area contributed by atoms with Gasteiger partial charge in [0.15, 0.2) is 6.17 Å². The molecule has 0 spiro atoms. The third-order valence-corrected chi connectivity index (χ3v) is 16.4. The molecule has 1 heterocycles. The smallest absolute Gasteiger partial charge is 1.00 e. The van der Waals surface area contributed by atoms with Crippen molar-refractivity contribution in [1.29, 1.82) is 0 Å². The minimum Gasteiger partial charge on any atom is -1.00 e. The summed E-state index contributed by atoms with van der Waals surface area (Å²) in [5.41, 5.74) is 7.01. The maximum absolute atomic E-state index is 8.19. The van der Waals surface area contributed by atoms with Crippen LogP contribution in [0.1, 0.15) is 56.7 Å². The summed E-state index contributed by atoms with van der Waals surface area (Å²) in [7, 11) is 3.90. The summed E-state index contributed by atoms with van der Waals surface area (Å²) in [6.07, 6.45) is 8.89. The minimum atomic E-state index is -3.15. The second-order valence-corrected chi connectivity index (χ2v) is 18.8. The molecular formula is C38H48Cl2N5OP. The van der Waals surface area contributed by atoms with Crippen molar-refractivity contribution in [3.8, 4) is 5.75 Å². The minimum absolute atomic E-state index is 0. The average Bonchev–Trinajstić information content (AvgIpc) is 3.10. The van der Waals surface area contributed by atoms with Crippen molar-refractivity contribution in [2.75, 3.05) is 26.9 Å². The first-order valence-electron chi connectivity index (χ1n) is 16.4. The number of hydrogen-bond donors (Lipinski definition) is 3. The predicted octanol–water partition coefficient (Wildman–Crippen LogP) is 3.62. The molecule has 0 saturated carbocycles. The topological polar surface area (TPSA) is 74.7 Å². The van der Waals surface area contributed by atoms with Gasteiger partial charge in [-0.2, -0.15) is 4.99 Å². The van der Waals surface area contributed by atoms with E-state index in [1.54, 1.807) is 0 Å². The van der Waals surface area contributed by atoms with Crippen molar-refractivity contribution >= 4 is 45.0 Å². The number of hydrogen-bond acceptors (Lipinski definition) is 3. The van der Waals surface area contributed by atoms with Crippen LogP contribution in [-0.2, 0) is 0 Å². The quantitative estimate of drug-likeness (QED) is 0.101. The number of nitrogens with two attached hydrogens (primary N) is 1. The first-order valence-corrected chi connectivity index (χ1v) is 19.7. The Morgan fingerprint density at radius 2 is 1.17 bits per heavy atom. The van der Waals surface area contributed by atoms with Crippen LogP contribution < -0.4 is 49.4 Å². The monoisotopic (exact) mass is 691 g/mol. The summed E-state index contributed by atoms with van der Waals surface area (Å²) in [5.74, 6) is -1.05. The van der Waals surface area contributed by atoms with E-state index >= 15 is 0 Å². The van der Waals surface area contributed by atoms with Crippen LogP contribution in [0.2, 0.25) is 0 Å². The van der Waals surface area contributed by atoms with Crippen molar-refractivity contribution in [3.05, 3.63) is 121 Å². The van der Waals surface area contributed by atoms with Crippen molar-refractivity contribution in [1.82, 2.24) is 10.6 Å². The Kier molecular flexibility index (Phi) is 13.1. The standard InChI is InChI=1S/C38H47ClN5OP.ClH/c1-44(2)38-42-36(41-37(40)43-38)31-25-27-32(28-26-31)45-29-17-6-4-3-5-7-18-30-46(39,33-19-11-8-12-20-33,34-21-13-9-14-22-34)35-23-15-10-16-24-35;/h8-16,19-28,36H,3-7,17-18,29-30H2,1-2H3,(H3,40,41,42,43);1H. The zero-order chi connectivity index (χ0) is 32.3. The van der Waals surface area contributed by atoms with Gasteiger partial charge in [0.1, 0.15) is 0 Å². The van der Waals surface area contributed by atoms with Crippen LogP contribution in [-0.4, -0.2) is 43.4 Å². The van der Waals surface area contributed by atoms with Gasteiger partial charge >= 0.3 is 210 Å². The summed E-state index contributed by atoms with van der Waals surface area (Å²) in [5, 5.41) is 10.1. The Balaban J connectivity index is 0.00000500. The van der Waals surface area contributed by atoms with E-state index in [0.717, 1.165) is 42.9 Å². The molecule has 9 heteroatoms. The van der Waals surface area contributed by atoms with Crippen LogP contribution in [0.3, 0.4) is 0 Å². The van der Waals surface area contributed by atoms with E-state index in [2.05, 4.69) is 107 Å². The Morgan fingerprint density at radius 1 is 0.702 bits per heavy atom. The molecule has 0 radical (unpaired) electrons. The van der Waals surface area contributed by atoms with Crippen LogP contribution in [0.25, 0.3) is 0 Å². The molecule has 1 aliphatic heterocycles. The number of benzene rings is 4. The summed E-state index contributed by atoms with van der Waals surface area (Å²) >= 11 is 8.19. The van der Waals surface area contributed by atoms with Gasteiger partial charge in [0, 0.05) is 5.56 Å². The van der Waals surface area contributed by atoms with Gasteiger partial charge in [-0.3, -0.25) is 9.89 Å². The number of ether oxygens (including phenoxy) is 1. The Bertz CT molecular complexity index is 1500. The molecule has 4 N–H and O–H groups in total. The molecule has 5 rings (SSSR count). The fourth-order valence-electron chi connectivity index (χ4n) is 6.27. The Hall–Kier alpha value is -3.57. The molecule has 4 aromatic rings. The molecule has 0 aromatic heterocycles. The van der Waals surface area contributed by atoms with Crippen LogP contribution in [0.15, 0.2) is 120 Å². The molecular weight excluding hydrogens is 644 g/mol. The molecule has 0 aliphatic carbocycles. The average molecular weight is 693 g/mol. The number of nitrogens with zero attached hydrogens (tertiary/aromatic N) is 2. The van der Waals surface area contributed by atoms with Gasteiger partial charge in [0.05, 0.1) is 14.1 Å². The molecule has 1 aliphatic rings. The fraction of sp³-hybridized carbons (Fsp3) is 0.316. The van der Waals surface area contributed by atoms with Crippen LogP contribution in [0.5, 0.6) is 5.75 Å². The first kappa shape index (κ1) is 36.3. The van der Waals surface area contributed by atoms with Crippen molar-refractivity contribution < 1.29 is 21.7 Å². The summed E-state index contributed by atoms with van der Waals surface area (Å²) in [4.78, 5) is 4.47. The molecule has 0 bridgehead atoms. The number of unbranched alkanes of at least 4 members (excludes halogenated alkanes) is 6. The summed E-state index contributed by atoms with van der Waals surface area (Å²) < 4.78 is 7.97. The molecule has 47 heavy (non-hydrogen) atoms. The number of rotatable bonds is 15. The van der Waals surface area contributed by atoms with E-state index in [-0.39, 0.29) is 18.6 Å². The third kappa shape index (κ3) is 8.67. The Morgan fingerprint density at radius 3 is 1.66 bits per heavy atom. The molecule has 0 saturated heterocycles. The molecule has 0 fully saturated rings. The number of guanidine groups is 2. The zero-order valence-electron chi connectivity index (χ0n) is 27.5. The number of nitrogens with one attached hydrogen (secondary N) is 2. The van der Waals surface area contributed by atoms with Crippen LogP contribution >= 0.6 is 17.2 Å². The summed E-state index contributed by atoms with van der Waals surface area (Å²) in [6.45, 7) is 0.723. The molecule has 1 atom stereocenters.